The second-order valence-corrected chi connectivity index (χ2v) is 3.43. The fourth-order valence-corrected chi connectivity index (χ4v) is 1.30. The Bertz CT molecular complexity index is 400. The van der Waals surface area contributed by atoms with Crippen molar-refractivity contribution in [1.82, 2.24) is 16.3 Å². The lowest BCUT2D eigenvalue weighted by atomic mass is 10.1. The average Bonchev–Trinajstić information content (AvgIpc) is 2.19. The molecule has 1 aliphatic heterocycles. The average molecular weight is 206 g/mol. The number of benzene rings is 1. The lowest BCUT2D eigenvalue weighted by molar-refractivity contribution is 0.776. The molecule has 1 aromatic rings. The Labute approximate surface area is 87.4 Å². The zero-order chi connectivity index (χ0) is 9.97. The first kappa shape index (κ1) is 8.96. The Morgan fingerprint density at radius 1 is 1.29 bits per heavy atom. The second-order valence-electron chi connectivity index (χ2n) is 3.02. The van der Waals surface area contributed by atoms with Crippen molar-refractivity contribution in [3.8, 4) is 0 Å². The minimum absolute atomic E-state index is 0.474. The number of hydrogen-bond donors (Lipinski definition) is 3. The Morgan fingerprint density at radius 2 is 2.14 bits per heavy atom. The third-order valence-corrected chi connectivity index (χ3v) is 2.05. The van der Waals surface area contributed by atoms with Gasteiger partial charge in [-0.05, 0) is 25.2 Å². The van der Waals surface area contributed by atoms with Crippen LogP contribution < -0.4 is 16.3 Å². The number of hydrazine groups is 1. The van der Waals surface area contributed by atoms with Gasteiger partial charge in [0, 0.05) is 5.56 Å². The quantitative estimate of drug-likeness (QED) is 0.590. The molecule has 1 aromatic carbocycles. The van der Waals surface area contributed by atoms with Crippen molar-refractivity contribution in [2.24, 2.45) is 5.10 Å². The minimum atomic E-state index is 0.474. The molecule has 14 heavy (non-hydrogen) atoms. The molecule has 0 bridgehead atoms. The summed E-state index contributed by atoms with van der Waals surface area (Å²) in [6, 6.07) is 8.06. The van der Waals surface area contributed by atoms with E-state index in [1.807, 2.05) is 31.2 Å². The van der Waals surface area contributed by atoms with Crippen LogP contribution in [0.15, 0.2) is 29.4 Å². The van der Waals surface area contributed by atoms with Crippen LogP contribution in [-0.4, -0.2) is 10.9 Å². The number of hydrazone groups is 1. The largest absolute Gasteiger partial charge is 0.280 e. The van der Waals surface area contributed by atoms with Crippen molar-refractivity contribution in [1.29, 1.82) is 0 Å². The molecule has 0 aromatic heterocycles. The van der Waals surface area contributed by atoms with Gasteiger partial charge in [-0.2, -0.15) is 5.10 Å². The fraction of sp³-hybridized carbons (Fsp3) is 0.111. The molecular formula is C9H10N4S. The summed E-state index contributed by atoms with van der Waals surface area (Å²) in [5.41, 5.74) is 10.6. The first-order chi connectivity index (χ1) is 6.75. The lowest BCUT2D eigenvalue weighted by Gasteiger charge is -2.17. The van der Waals surface area contributed by atoms with Gasteiger partial charge < -0.3 is 0 Å². The van der Waals surface area contributed by atoms with Gasteiger partial charge in [0.15, 0.2) is 5.84 Å². The number of rotatable bonds is 1. The van der Waals surface area contributed by atoms with Crippen molar-refractivity contribution in [3.05, 3.63) is 35.4 Å². The van der Waals surface area contributed by atoms with Gasteiger partial charge in [-0.15, -0.1) is 0 Å². The number of hydrogen-bond acceptors (Lipinski definition) is 3. The second kappa shape index (κ2) is 3.63. The Kier molecular flexibility index (Phi) is 2.32. The number of thiocarbonyl (C=S) groups is 1. The van der Waals surface area contributed by atoms with Crippen LogP contribution in [0.25, 0.3) is 0 Å². The zero-order valence-electron chi connectivity index (χ0n) is 7.66. The van der Waals surface area contributed by atoms with Crippen LogP contribution in [0.4, 0.5) is 0 Å². The number of nitrogens with one attached hydrogen (secondary N) is 3. The molecule has 0 radical (unpaired) electrons. The number of aryl methyl sites for hydroxylation is 1. The summed E-state index contributed by atoms with van der Waals surface area (Å²) in [6.07, 6.45) is 0. The van der Waals surface area contributed by atoms with Gasteiger partial charge in [-0.1, -0.05) is 23.8 Å². The highest BCUT2D eigenvalue weighted by atomic mass is 32.1. The summed E-state index contributed by atoms with van der Waals surface area (Å²) in [5.74, 6) is 0.738. The lowest BCUT2D eigenvalue weighted by Crippen LogP contribution is -2.51. The van der Waals surface area contributed by atoms with Gasteiger partial charge in [0.2, 0.25) is 5.11 Å². The van der Waals surface area contributed by atoms with Gasteiger partial charge in [0.1, 0.15) is 0 Å². The van der Waals surface area contributed by atoms with Gasteiger partial charge in [-0.3, -0.25) is 16.3 Å². The fourth-order valence-electron chi connectivity index (χ4n) is 1.21. The molecule has 0 saturated carbocycles. The highest BCUT2D eigenvalue weighted by Crippen LogP contribution is 2.04. The summed E-state index contributed by atoms with van der Waals surface area (Å²) < 4.78 is 0. The number of amidine groups is 1. The Morgan fingerprint density at radius 3 is 2.79 bits per heavy atom. The molecule has 4 nitrogen and oxygen atoms in total. The first-order valence-electron chi connectivity index (χ1n) is 4.22. The van der Waals surface area contributed by atoms with E-state index in [1.54, 1.807) is 0 Å². The molecule has 0 aliphatic carbocycles. The van der Waals surface area contributed by atoms with Crippen molar-refractivity contribution in [2.75, 3.05) is 0 Å². The minimum Gasteiger partial charge on any atom is -0.280 e. The van der Waals surface area contributed by atoms with Gasteiger partial charge >= 0.3 is 0 Å². The molecule has 1 heterocycles. The molecular weight excluding hydrogens is 196 g/mol. The predicted octanol–water partition coefficient (Wildman–Crippen LogP) is 0.639. The van der Waals surface area contributed by atoms with Gasteiger partial charge in [-0.25, -0.2) is 0 Å². The molecule has 0 unspecified atom stereocenters. The molecule has 72 valence electrons. The summed E-state index contributed by atoms with van der Waals surface area (Å²) in [6.45, 7) is 2.04. The first-order valence-corrected chi connectivity index (χ1v) is 4.63. The van der Waals surface area contributed by atoms with Gasteiger partial charge in [0.05, 0.1) is 0 Å². The molecule has 0 amide bonds. The van der Waals surface area contributed by atoms with Gasteiger partial charge in [0.25, 0.3) is 0 Å². The van der Waals surface area contributed by atoms with E-state index in [4.69, 9.17) is 12.2 Å². The molecule has 5 heteroatoms. The van der Waals surface area contributed by atoms with Crippen LogP contribution in [0.2, 0.25) is 0 Å². The maximum atomic E-state index is 4.84. The smallest absolute Gasteiger partial charge is 0.205 e. The van der Waals surface area contributed by atoms with Crippen LogP contribution >= 0.6 is 12.2 Å². The van der Waals surface area contributed by atoms with E-state index in [0.29, 0.717) is 5.11 Å². The van der Waals surface area contributed by atoms with Crippen molar-refractivity contribution in [2.45, 2.75) is 6.92 Å². The highest BCUT2D eigenvalue weighted by Gasteiger charge is 2.08. The molecule has 0 spiro atoms. The highest BCUT2D eigenvalue weighted by molar-refractivity contribution is 7.80. The van der Waals surface area contributed by atoms with E-state index in [0.717, 1.165) is 11.4 Å². The summed E-state index contributed by atoms with van der Waals surface area (Å²) in [5, 5.41) is 4.55. The van der Waals surface area contributed by atoms with E-state index in [1.165, 1.54) is 5.56 Å². The molecule has 0 atom stereocenters. The van der Waals surface area contributed by atoms with Crippen LogP contribution in [0.5, 0.6) is 0 Å². The van der Waals surface area contributed by atoms with Crippen molar-refractivity contribution in [3.63, 3.8) is 0 Å². The predicted molar refractivity (Wildman–Crippen MR) is 59.7 cm³/mol. The molecule has 3 N–H and O–H groups in total. The Hall–Kier alpha value is -1.62. The van der Waals surface area contributed by atoms with Crippen molar-refractivity contribution >= 4 is 23.2 Å². The molecule has 1 aliphatic rings. The topological polar surface area (TPSA) is 48.5 Å². The normalized spacial score (nSPS) is 14.9. The molecule has 2 rings (SSSR count). The van der Waals surface area contributed by atoms with Crippen LogP contribution in [0.3, 0.4) is 0 Å². The van der Waals surface area contributed by atoms with E-state index < -0.39 is 0 Å². The third-order valence-electron chi connectivity index (χ3n) is 1.86. The SMILES string of the molecule is Cc1cccc(C2=NNC(=S)NN2)c1. The maximum Gasteiger partial charge on any atom is 0.205 e. The standard InChI is InChI=1S/C9H10N4S/c1-6-3-2-4-7(5-6)8-10-12-9(14)13-11-8/h2-5H,1H3,(H,10,11)(H2,12,13,14). The van der Waals surface area contributed by atoms with Crippen LogP contribution in [-0.2, 0) is 0 Å². The summed E-state index contributed by atoms with van der Waals surface area (Å²) in [7, 11) is 0. The van der Waals surface area contributed by atoms with E-state index >= 15 is 0 Å². The zero-order valence-corrected chi connectivity index (χ0v) is 8.48. The van der Waals surface area contributed by atoms with E-state index in [-0.39, 0.29) is 0 Å². The Balaban J connectivity index is 2.27. The summed E-state index contributed by atoms with van der Waals surface area (Å²) >= 11 is 4.84. The summed E-state index contributed by atoms with van der Waals surface area (Å²) in [4.78, 5) is 0. The van der Waals surface area contributed by atoms with Crippen LogP contribution in [0, 0.1) is 6.92 Å². The monoisotopic (exact) mass is 206 g/mol. The van der Waals surface area contributed by atoms with E-state index in [2.05, 4.69) is 21.4 Å². The number of nitrogens with zero attached hydrogens (tertiary/aromatic N) is 1. The maximum absolute atomic E-state index is 4.84. The van der Waals surface area contributed by atoms with Crippen LogP contribution in [0.1, 0.15) is 11.1 Å². The third kappa shape index (κ3) is 1.82. The van der Waals surface area contributed by atoms with E-state index in [9.17, 15) is 0 Å². The molecule has 0 saturated heterocycles. The molecule has 0 fully saturated rings. The van der Waals surface area contributed by atoms with Crippen molar-refractivity contribution < 1.29 is 0 Å².